The van der Waals surface area contributed by atoms with Crippen LogP contribution >= 0.6 is 11.8 Å². The highest BCUT2D eigenvalue weighted by Crippen LogP contribution is 2.05. The van der Waals surface area contributed by atoms with Crippen molar-refractivity contribution < 1.29 is 4.79 Å². The molecule has 0 aliphatic rings. The van der Waals surface area contributed by atoms with Crippen LogP contribution in [0.25, 0.3) is 0 Å². The number of amides is 1. The summed E-state index contributed by atoms with van der Waals surface area (Å²) in [5, 5.41) is 3.01. The molecule has 16 heavy (non-hydrogen) atoms. The summed E-state index contributed by atoms with van der Waals surface area (Å²) in [5.41, 5.74) is 0.718. The summed E-state index contributed by atoms with van der Waals surface area (Å²) < 4.78 is 1.84. The third-order valence-electron chi connectivity index (χ3n) is 2.45. The molecule has 0 aliphatic heterocycles. The fourth-order valence-electron chi connectivity index (χ4n) is 1.47. The summed E-state index contributed by atoms with van der Waals surface area (Å²) in [6.45, 7) is 4.20. The molecule has 90 valence electrons. The highest BCUT2D eigenvalue weighted by Gasteiger charge is 2.11. The van der Waals surface area contributed by atoms with Crippen molar-refractivity contribution in [1.82, 2.24) is 9.88 Å². The first-order chi connectivity index (χ1) is 7.65. The summed E-state index contributed by atoms with van der Waals surface area (Å²) in [5.74, 6) is 2.25. The van der Waals surface area contributed by atoms with Gasteiger partial charge < -0.3 is 9.88 Å². The minimum absolute atomic E-state index is 0.0153. The summed E-state index contributed by atoms with van der Waals surface area (Å²) in [6.07, 6.45) is 2.90. The minimum atomic E-state index is 0.0153. The lowest BCUT2D eigenvalue weighted by Crippen LogP contribution is -2.34. The molecule has 0 unspecified atom stereocenters. The molecular formula is C12H20N2OS. The Kier molecular flexibility index (Phi) is 5.46. The van der Waals surface area contributed by atoms with E-state index < -0.39 is 0 Å². The normalized spacial score (nSPS) is 12.4. The smallest absolute Gasteiger partial charge is 0.268 e. The third-order valence-corrected chi connectivity index (χ3v) is 3.39. The third kappa shape index (κ3) is 3.93. The predicted octanol–water partition coefficient (Wildman–Crippen LogP) is 2.29. The average molecular weight is 240 g/mol. The number of thioether (sulfide) groups is 1. The van der Waals surface area contributed by atoms with Crippen LogP contribution in [0.5, 0.6) is 0 Å². The average Bonchev–Trinajstić information content (AvgIpc) is 2.65. The van der Waals surface area contributed by atoms with E-state index in [-0.39, 0.29) is 11.9 Å². The van der Waals surface area contributed by atoms with Crippen molar-refractivity contribution in [3.63, 3.8) is 0 Å². The molecule has 0 spiro atoms. The Morgan fingerprint density at radius 2 is 2.38 bits per heavy atom. The summed E-state index contributed by atoms with van der Waals surface area (Å²) in [6, 6.07) is 3.96. The molecule has 1 N–H and O–H groups in total. The van der Waals surface area contributed by atoms with Crippen molar-refractivity contribution in [2.45, 2.75) is 26.3 Å². The molecule has 1 atom stereocenters. The van der Waals surface area contributed by atoms with Crippen molar-refractivity contribution in [3.8, 4) is 0 Å². The number of aromatic nitrogens is 1. The van der Waals surface area contributed by atoms with Gasteiger partial charge in [-0.2, -0.15) is 11.8 Å². The molecule has 0 saturated heterocycles. The topological polar surface area (TPSA) is 34.0 Å². The molecule has 0 fully saturated rings. The maximum absolute atomic E-state index is 11.8. The van der Waals surface area contributed by atoms with Crippen LogP contribution in [-0.4, -0.2) is 28.0 Å². The van der Waals surface area contributed by atoms with Crippen LogP contribution in [0.15, 0.2) is 18.3 Å². The Hall–Kier alpha value is -0.900. The van der Waals surface area contributed by atoms with Gasteiger partial charge >= 0.3 is 0 Å². The van der Waals surface area contributed by atoms with Gasteiger partial charge in [0.05, 0.1) is 0 Å². The van der Waals surface area contributed by atoms with Gasteiger partial charge in [-0.15, -0.1) is 0 Å². The van der Waals surface area contributed by atoms with Crippen molar-refractivity contribution in [2.75, 3.05) is 11.5 Å². The molecule has 1 rings (SSSR count). The van der Waals surface area contributed by atoms with E-state index in [1.165, 1.54) is 0 Å². The predicted molar refractivity (Wildman–Crippen MR) is 70.0 cm³/mol. The van der Waals surface area contributed by atoms with Gasteiger partial charge in [0.25, 0.3) is 5.91 Å². The lowest BCUT2D eigenvalue weighted by atomic mass is 10.2. The molecule has 1 aromatic heterocycles. The van der Waals surface area contributed by atoms with E-state index in [1.807, 2.05) is 41.7 Å². The highest BCUT2D eigenvalue weighted by atomic mass is 32.2. The van der Waals surface area contributed by atoms with E-state index in [9.17, 15) is 4.79 Å². The van der Waals surface area contributed by atoms with E-state index >= 15 is 0 Å². The van der Waals surface area contributed by atoms with E-state index in [1.54, 1.807) is 0 Å². The number of nitrogens with one attached hydrogen (secondary N) is 1. The monoisotopic (exact) mass is 240 g/mol. The van der Waals surface area contributed by atoms with Crippen LogP contribution in [0.1, 0.15) is 30.8 Å². The Bertz CT molecular complexity index is 336. The molecule has 1 heterocycles. The molecule has 0 bridgehead atoms. The van der Waals surface area contributed by atoms with Crippen LogP contribution < -0.4 is 5.32 Å². The SMILES string of the molecule is CCSCC[C@H](C)NC(=O)c1cccn1C. The second-order valence-electron chi connectivity index (χ2n) is 3.86. The quantitative estimate of drug-likeness (QED) is 0.774. The summed E-state index contributed by atoms with van der Waals surface area (Å²) in [4.78, 5) is 11.8. The van der Waals surface area contributed by atoms with Gasteiger partial charge in [0.2, 0.25) is 0 Å². The number of nitrogens with zero attached hydrogens (tertiary/aromatic N) is 1. The zero-order chi connectivity index (χ0) is 12.0. The summed E-state index contributed by atoms with van der Waals surface area (Å²) >= 11 is 1.91. The molecular weight excluding hydrogens is 220 g/mol. The Balaban J connectivity index is 2.37. The number of carbonyl (C=O) groups excluding carboxylic acids is 1. The van der Waals surface area contributed by atoms with Gasteiger partial charge in [-0.05, 0) is 37.0 Å². The van der Waals surface area contributed by atoms with Gasteiger partial charge in [0.1, 0.15) is 5.69 Å². The first-order valence-electron chi connectivity index (χ1n) is 5.65. The largest absolute Gasteiger partial charge is 0.348 e. The van der Waals surface area contributed by atoms with Gasteiger partial charge in [-0.3, -0.25) is 4.79 Å². The maximum Gasteiger partial charge on any atom is 0.268 e. The van der Waals surface area contributed by atoms with Gasteiger partial charge in [-0.25, -0.2) is 0 Å². The molecule has 0 aromatic carbocycles. The Morgan fingerprint density at radius 3 is 2.94 bits per heavy atom. The van der Waals surface area contributed by atoms with Crippen molar-refractivity contribution >= 4 is 17.7 Å². The molecule has 3 nitrogen and oxygen atoms in total. The van der Waals surface area contributed by atoms with Gasteiger partial charge in [-0.1, -0.05) is 6.92 Å². The molecule has 1 amide bonds. The minimum Gasteiger partial charge on any atom is -0.348 e. The van der Waals surface area contributed by atoms with Crippen molar-refractivity contribution in [3.05, 3.63) is 24.0 Å². The second kappa shape index (κ2) is 6.63. The Labute approximate surface area is 102 Å². The standard InChI is InChI=1S/C12H20N2OS/c1-4-16-9-7-10(2)13-12(15)11-6-5-8-14(11)3/h5-6,8,10H,4,7,9H2,1-3H3,(H,13,15)/t10-/m0/s1. The highest BCUT2D eigenvalue weighted by molar-refractivity contribution is 7.99. The second-order valence-corrected chi connectivity index (χ2v) is 5.26. The maximum atomic E-state index is 11.8. The number of hydrogen-bond donors (Lipinski definition) is 1. The van der Waals surface area contributed by atoms with Crippen LogP contribution in [0, 0.1) is 0 Å². The van der Waals surface area contributed by atoms with E-state index in [4.69, 9.17) is 0 Å². The molecule has 0 radical (unpaired) electrons. The molecule has 1 aromatic rings. The van der Waals surface area contributed by atoms with Gasteiger partial charge in [0, 0.05) is 19.3 Å². The van der Waals surface area contributed by atoms with Crippen LogP contribution in [0.4, 0.5) is 0 Å². The zero-order valence-corrected chi connectivity index (χ0v) is 11.0. The Morgan fingerprint density at radius 1 is 1.62 bits per heavy atom. The molecule has 0 aliphatic carbocycles. The lowest BCUT2D eigenvalue weighted by molar-refractivity contribution is 0.0931. The number of aryl methyl sites for hydroxylation is 1. The first-order valence-corrected chi connectivity index (χ1v) is 6.80. The van der Waals surface area contributed by atoms with Crippen molar-refractivity contribution in [1.29, 1.82) is 0 Å². The van der Waals surface area contributed by atoms with E-state index in [0.29, 0.717) is 0 Å². The molecule has 0 saturated carbocycles. The fraction of sp³-hybridized carbons (Fsp3) is 0.583. The lowest BCUT2D eigenvalue weighted by Gasteiger charge is -2.13. The van der Waals surface area contributed by atoms with E-state index in [2.05, 4.69) is 19.2 Å². The first kappa shape index (κ1) is 13.2. The number of hydrogen-bond acceptors (Lipinski definition) is 2. The van der Waals surface area contributed by atoms with Gasteiger partial charge in [0.15, 0.2) is 0 Å². The van der Waals surface area contributed by atoms with Crippen LogP contribution in [0.3, 0.4) is 0 Å². The van der Waals surface area contributed by atoms with E-state index in [0.717, 1.165) is 23.6 Å². The van der Waals surface area contributed by atoms with Crippen molar-refractivity contribution in [2.24, 2.45) is 7.05 Å². The number of rotatable bonds is 6. The number of carbonyl (C=O) groups is 1. The molecule has 4 heteroatoms. The van der Waals surface area contributed by atoms with Crippen LogP contribution in [-0.2, 0) is 7.05 Å². The summed E-state index contributed by atoms with van der Waals surface area (Å²) in [7, 11) is 1.88. The fourth-order valence-corrected chi connectivity index (χ4v) is 2.28. The van der Waals surface area contributed by atoms with Crippen LogP contribution in [0.2, 0.25) is 0 Å². The zero-order valence-electron chi connectivity index (χ0n) is 10.2.